The lowest BCUT2D eigenvalue weighted by Crippen LogP contribution is -2.32. The predicted molar refractivity (Wildman–Crippen MR) is 95.5 cm³/mol. The first-order chi connectivity index (χ1) is 11.4. The topological polar surface area (TPSA) is 66.8 Å². The number of carbonyl (C=O) groups is 1. The zero-order chi connectivity index (χ0) is 17.7. The fourth-order valence-corrected chi connectivity index (χ4v) is 4.56. The van der Waals surface area contributed by atoms with Crippen LogP contribution in [-0.2, 0) is 14.8 Å². The second-order valence-electron chi connectivity index (χ2n) is 6.01. The maximum atomic E-state index is 12.7. The minimum atomic E-state index is -4.06. The number of nitrogens with zero attached hydrogens (tertiary/aromatic N) is 2. The Hall–Kier alpha value is -1.40. The van der Waals surface area contributed by atoms with Crippen LogP contribution in [0.5, 0.6) is 0 Å². The number of rotatable bonds is 8. The Balaban J connectivity index is 2.11. The Morgan fingerprint density at radius 3 is 2.50 bits per heavy atom. The van der Waals surface area contributed by atoms with Crippen molar-refractivity contribution in [1.29, 1.82) is 0 Å². The van der Waals surface area contributed by atoms with E-state index in [-0.39, 0.29) is 9.92 Å². The minimum Gasteiger partial charge on any atom is -0.271 e. The van der Waals surface area contributed by atoms with Crippen LogP contribution in [0.4, 0.5) is 0 Å². The van der Waals surface area contributed by atoms with E-state index in [4.69, 9.17) is 11.6 Å². The lowest BCUT2D eigenvalue weighted by Gasteiger charge is -2.15. The third-order valence-electron chi connectivity index (χ3n) is 4.18. The third kappa shape index (κ3) is 3.98. The molecule has 1 aromatic carbocycles. The number of hydrogen-bond donors (Lipinski definition) is 0. The summed E-state index contributed by atoms with van der Waals surface area (Å²) in [7, 11) is -4.06. The summed E-state index contributed by atoms with van der Waals surface area (Å²) in [6.45, 7) is 3.85. The smallest absolute Gasteiger partial charge is 0.271 e. The molecule has 1 aliphatic heterocycles. The van der Waals surface area contributed by atoms with Gasteiger partial charge in [0.2, 0.25) is 0 Å². The molecule has 7 heteroatoms. The fourth-order valence-electron chi connectivity index (χ4n) is 2.78. The van der Waals surface area contributed by atoms with E-state index in [1.165, 1.54) is 18.6 Å². The van der Waals surface area contributed by atoms with Gasteiger partial charge in [-0.05, 0) is 25.5 Å². The second-order valence-corrected chi connectivity index (χ2v) is 8.16. The van der Waals surface area contributed by atoms with Crippen LogP contribution in [0.1, 0.15) is 52.4 Å². The van der Waals surface area contributed by atoms with E-state index in [9.17, 15) is 13.2 Å². The molecular weight excluding hydrogens is 348 g/mol. The molecule has 0 aromatic heterocycles. The van der Waals surface area contributed by atoms with Crippen LogP contribution in [0.15, 0.2) is 34.3 Å². The average Bonchev–Trinajstić information content (AvgIpc) is 2.83. The first kappa shape index (κ1) is 18.9. The van der Waals surface area contributed by atoms with Crippen molar-refractivity contribution in [2.45, 2.75) is 57.3 Å². The Morgan fingerprint density at radius 2 is 1.83 bits per heavy atom. The molecule has 5 nitrogen and oxygen atoms in total. The van der Waals surface area contributed by atoms with E-state index in [2.05, 4.69) is 12.0 Å². The monoisotopic (exact) mass is 370 g/mol. The molecule has 0 bridgehead atoms. The van der Waals surface area contributed by atoms with Crippen LogP contribution in [-0.4, -0.2) is 24.5 Å². The number of sulfonamides is 1. The van der Waals surface area contributed by atoms with Gasteiger partial charge in [-0.1, -0.05) is 62.8 Å². The number of amides is 1. The number of hydrogen-bond acceptors (Lipinski definition) is 4. The quantitative estimate of drug-likeness (QED) is 0.643. The number of benzene rings is 1. The van der Waals surface area contributed by atoms with E-state index in [0.29, 0.717) is 16.5 Å². The standard InChI is InChI=1S/C17H23ClN2O3S/c1-3-4-5-6-7-10-14-13(2)19-20(17(14)21)24(22,23)16-12-9-8-11-15(16)18/h8-9,11-12,14H,3-7,10H2,1-2H3. The highest BCUT2D eigenvalue weighted by molar-refractivity contribution is 7.89. The normalized spacial score (nSPS) is 18.1. The maximum Gasteiger partial charge on any atom is 0.287 e. The van der Waals surface area contributed by atoms with Crippen LogP contribution < -0.4 is 0 Å². The van der Waals surface area contributed by atoms with Gasteiger partial charge in [0.15, 0.2) is 0 Å². The number of unbranched alkanes of at least 4 members (excludes halogenated alkanes) is 4. The maximum absolute atomic E-state index is 12.7. The van der Waals surface area contributed by atoms with Gasteiger partial charge in [-0.3, -0.25) is 4.79 Å². The Labute approximate surface area is 148 Å². The number of carbonyl (C=O) groups excluding carboxylic acids is 1. The highest BCUT2D eigenvalue weighted by Crippen LogP contribution is 2.30. The zero-order valence-corrected chi connectivity index (χ0v) is 15.6. The Bertz CT molecular complexity index is 731. The highest BCUT2D eigenvalue weighted by atomic mass is 35.5. The van der Waals surface area contributed by atoms with Crippen LogP contribution in [0.3, 0.4) is 0 Å². The SMILES string of the molecule is CCCCCCCC1C(=O)N(S(=O)(=O)c2ccccc2Cl)N=C1C. The first-order valence-electron chi connectivity index (χ1n) is 8.28. The molecule has 0 aliphatic carbocycles. The lowest BCUT2D eigenvalue weighted by atomic mass is 9.97. The molecule has 0 saturated carbocycles. The van der Waals surface area contributed by atoms with Gasteiger partial charge in [-0.2, -0.15) is 13.5 Å². The van der Waals surface area contributed by atoms with Gasteiger partial charge in [0.05, 0.1) is 10.9 Å². The molecular formula is C17H23ClN2O3S. The molecule has 1 aliphatic rings. The number of hydrazone groups is 1. The molecule has 2 rings (SSSR count). The predicted octanol–water partition coefficient (Wildman–Crippen LogP) is 4.22. The average molecular weight is 371 g/mol. The molecule has 24 heavy (non-hydrogen) atoms. The van der Waals surface area contributed by atoms with Crippen molar-refractivity contribution in [1.82, 2.24) is 4.41 Å². The van der Waals surface area contributed by atoms with Gasteiger partial charge < -0.3 is 0 Å². The van der Waals surface area contributed by atoms with Crippen molar-refractivity contribution >= 4 is 33.2 Å². The van der Waals surface area contributed by atoms with E-state index in [1.807, 2.05) is 0 Å². The summed E-state index contributed by atoms with van der Waals surface area (Å²) in [5.74, 6) is -0.938. The molecule has 0 saturated heterocycles. The molecule has 0 fully saturated rings. The molecule has 0 N–H and O–H groups in total. The summed E-state index contributed by atoms with van der Waals surface area (Å²) < 4.78 is 26.0. The second kappa shape index (κ2) is 8.12. The van der Waals surface area contributed by atoms with Crippen molar-refractivity contribution in [2.75, 3.05) is 0 Å². The van der Waals surface area contributed by atoms with Gasteiger partial charge in [0, 0.05) is 5.71 Å². The summed E-state index contributed by atoms with van der Waals surface area (Å²) >= 11 is 5.97. The van der Waals surface area contributed by atoms with Gasteiger partial charge in [0.1, 0.15) is 4.90 Å². The molecule has 1 atom stereocenters. The van der Waals surface area contributed by atoms with Crippen molar-refractivity contribution in [3.8, 4) is 0 Å². The van der Waals surface area contributed by atoms with Gasteiger partial charge >= 0.3 is 0 Å². The molecule has 1 amide bonds. The fraction of sp³-hybridized carbons (Fsp3) is 0.529. The Morgan fingerprint density at radius 1 is 1.17 bits per heavy atom. The minimum absolute atomic E-state index is 0.0844. The van der Waals surface area contributed by atoms with E-state index >= 15 is 0 Å². The lowest BCUT2D eigenvalue weighted by molar-refractivity contribution is -0.127. The van der Waals surface area contributed by atoms with Crippen molar-refractivity contribution in [2.24, 2.45) is 11.0 Å². The summed E-state index contributed by atoms with van der Waals surface area (Å²) in [5.41, 5.74) is 0.547. The molecule has 132 valence electrons. The van der Waals surface area contributed by atoms with Gasteiger partial charge in [-0.25, -0.2) is 0 Å². The first-order valence-corrected chi connectivity index (χ1v) is 10.1. The van der Waals surface area contributed by atoms with Crippen molar-refractivity contribution in [3.05, 3.63) is 29.3 Å². The van der Waals surface area contributed by atoms with Gasteiger partial charge in [0.25, 0.3) is 15.9 Å². The number of halogens is 1. The van der Waals surface area contributed by atoms with E-state index in [0.717, 1.165) is 25.7 Å². The summed E-state index contributed by atoms with van der Waals surface area (Å²) in [6, 6.07) is 6.08. The molecule has 0 radical (unpaired) electrons. The molecule has 1 aromatic rings. The molecule has 1 unspecified atom stereocenters. The van der Waals surface area contributed by atoms with Crippen molar-refractivity contribution in [3.63, 3.8) is 0 Å². The third-order valence-corrected chi connectivity index (χ3v) is 6.25. The van der Waals surface area contributed by atoms with Crippen LogP contribution in [0, 0.1) is 5.92 Å². The Kier molecular flexibility index (Phi) is 6.40. The highest BCUT2D eigenvalue weighted by Gasteiger charge is 2.41. The van der Waals surface area contributed by atoms with Crippen LogP contribution in [0.2, 0.25) is 5.02 Å². The summed E-state index contributed by atoms with van der Waals surface area (Å²) in [6.07, 6.45) is 6.04. The summed E-state index contributed by atoms with van der Waals surface area (Å²) in [4.78, 5) is 12.5. The summed E-state index contributed by atoms with van der Waals surface area (Å²) in [5, 5.41) is 4.09. The molecule has 0 spiro atoms. The van der Waals surface area contributed by atoms with Crippen LogP contribution in [0.25, 0.3) is 0 Å². The van der Waals surface area contributed by atoms with E-state index < -0.39 is 21.8 Å². The van der Waals surface area contributed by atoms with Crippen LogP contribution >= 0.6 is 11.6 Å². The van der Waals surface area contributed by atoms with Crippen molar-refractivity contribution < 1.29 is 13.2 Å². The van der Waals surface area contributed by atoms with Gasteiger partial charge in [-0.15, -0.1) is 4.41 Å². The van der Waals surface area contributed by atoms with E-state index in [1.54, 1.807) is 19.1 Å². The molecule has 1 heterocycles. The largest absolute Gasteiger partial charge is 0.287 e. The zero-order valence-electron chi connectivity index (χ0n) is 14.0.